The van der Waals surface area contributed by atoms with E-state index in [0.29, 0.717) is 12.0 Å². The third-order valence-electron chi connectivity index (χ3n) is 4.93. The van der Waals surface area contributed by atoms with Crippen molar-refractivity contribution in [2.24, 2.45) is 12.5 Å². The molecule has 0 saturated heterocycles. The molecule has 1 aromatic rings. The maximum atomic E-state index is 12.0. The lowest BCUT2D eigenvalue weighted by Gasteiger charge is -2.27. The fourth-order valence-electron chi connectivity index (χ4n) is 3.30. The third kappa shape index (κ3) is 3.72. The summed E-state index contributed by atoms with van der Waals surface area (Å²) in [6, 6.07) is -0.0904. The second kappa shape index (κ2) is 7.03. The second-order valence-corrected chi connectivity index (χ2v) is 6.60. The summed E-state index contributed by atoms with van der Waals surface area (Å²) in [7, 11) is 5.87. The van der Waals surface area contributed by atoms with Crippen molar-refractivity contribution in [2.75, 3.05) is 25.5 Å². The van der Waals surface area contributed by atoms with Crippen LogP contribution in [0, 0.1) is 5.41 Å². The number of anilines is 1. The molecule has 1 heterocycles. The van der Waals surface area contributed by atoms with Crippen LogP contribution < -0.4 is 15.5 Å². The van der Waals surface area contributed by atoms with Crippen molar-refractivity contribution in [2.45, 2.75) is 45.6 Å². The smallest absolute Gasteiger partial charge is 0.315 e. The first kappa shape index (κ1) is 16.6. The molecule has 1 aromatic heterocycles. The number of hydrogen-bond acceptors (Lipinski definition) is 3. The van der Waals surface area contributed by atoms with E-state index in [-0.39, 0.29) is 6.03 Å². The van der Waals surface area contributed by atoms with Crippen LogP contribution in [0.3, 0.4) is 0 Å². The number of amides is 2. The van der Waals surface area contributed by atoms with Gasteiger partial charge in [0.1, 0.15) is 0 Å². The molecular formula is C16H29N5O. The minimum atomic E-state index is -0.0904. The number of nitrogens with one attached hydrogen (secondary N) is 2. The van der Waals surface area contributed by atoms with E-state index in [4.69, 9.17) is 0 Å². The minimum absolute atomic E-state index is 0.0904. The predicted octanol–water partition coefficient (Wildman–Crippen LogP) is 2.26. The molecular weight excluding hydrogens is 278 g/mol. The highest BCUT2D eigenvalue weighted by atomic mass is 16.2. The van der Waals surface area contributed by atoms with Gasteiger partial charge in [0.15, 0.2) is 0 Å². The maximum absolute atomic E-state index is 12.0. The Morgan fingerprint density at radius 1 is 1.36 bits per heavy atom. The van der Waals surface area contributed by atoms with Crippen molar-refractivity contribution >= 4 is 12.0 Å². The van der Waals surface area contributed by atoms with Crippen molar-refractivity contribution in [1.82, 2.24) is 20.2 Å². The van der Waals surface area contributed by atoms with Crippen LogP contribution in [0.2, 0.25) is 0 Å². The number of carbonyl (C=O) groups excluding carboxylic acids is 1. The van der Waals surface area contributed by atoms with Gasteiger partial charge in [-0.3, -0.25) is 0 Å². The molecule has 1 aliphatic carbocycles. The number of imidazole rings is 1. The maximum Gasteiger partial charge on any atom is 0.315 e. The third-order valence-corrected chi connectivity index (χ3v) is 4.93. The Morgan fingerprint density at radius 3 is 2.59 bits per heavy atom. The lowest BCUT2D eigenvalue weighted by molar-refractivity contribution is 0.224. The van der Waals surface area contributed by atoms with Gasteiger partial charge in [0, 0.05) is 27.7 Å². The molecule has 124 valence electrons. The fraction of sp³-hybridized carbons (Fsp3) is 0.750. The highest BCUT2D eigenvalue weighted by molar-refractivity contribution is 5.73. The summed E-state index contributed by atoms with van der Waals surface area (Å²) in [5, 5.41) is 5.97. The molecule has 0 spiro atoms. The molecule has 0 atom stereocenters. The SMILES string of the molecule is CCC1(CNC(=O)NCc2cnc(N(C)C)n2C)CCCC1. The number of urea groups is 1. The van der Waals surface area contributed by atoms with Crippen molar-refractivity contribution in [3.8, 4) is 0 Å². The van der Waals surface area contributed by atoms with Crippen LogP contribution in [0.5, 0.6) is 0 Å². The van der Waals surface area contributed by atoms with Gasteiger partial charge in [-0.05, 0) is 24.7 Å². The Morgan fingerprint density at radius 2 is 2.05 bits per heavy atom. The number of hydrogen-bond donors (Lipinski definition) is 2. The molecule has 22 heavy (non-hydrogen) atoms. The topological polar surface area (TPSA) is 62.2 Å². The van der Waals surface area contributed by atoms with E-state index in [1.165, 1.54) is 25.7 Å². The first-order valence-corrected chi connectivity index (χ1v) is 8.17. The van der Waals surface area contributed by atoms with Crippen molar-refractivity contribution < 1.29 is 4.79 Å². The molecule has 0 aliphatic heterocycles. The zero-order chi connectivity index (χ0) is 16.2. The van der Waals surface area contributed by atoms with Gasteiger partial charge in [0.2, 0.25) is 5.95 Å². The van der Waals surface area contributed by atoms with E-state index < -0.39 is 0 Å². The normalized spacial score (nSPS) is 16.5. The summed E-state index contributed by atoms with van der Waals surface area (Å²) in [6.07, 6.45) is 8.00. The van der Waals surface area contributed by atoms with E-state index in [0.717, 1.165) is 24.6 Å². The lowest BCUT2D eigenvalue weighted by atomic mass is 9.83. The molecule has 0 bridgehead atoms. The average molecular weight is 307 g/mol. The lowest BCUT2D eigenvalue weighted by Crippen LogP contribution is -2.41. The molecule has 2 N–H and O–H groups in total. The Labute approximate surface area is 133 Å². The molecule has 2 rings (SSSR count). The molecule has 6 heteroatoms. The number of aromatic nitrogens is 2. The zero-order valence-corrected chi connectivity index (χ0v) is 14.3. The van der Waals surface area contributed by atoms with E-state index in [1.807, 2.05) is 30.6 Å². The molecule has 1 fully saturated rings. The van der Waals surface area contributed by atoms with Crippen LogP contribution in [0.4, 0.5) is 10.7 Å². The van der Waals surface area contributed by atoms with E-state index >= 15 is 0 Å². The molecule has 0 radical (unpaired) electrons. The first-order valence-electron chi connectivity index (χ1n) is 8.17. The molecule has 1 saturated carbocycles. The molecule has 0 unspecified atom stereocenters. The Balaban J connectivity index is 1.80. The molecule has 0 aromatic carbocycles. The van der Waals surface area contributed by atoms with Crippen molar-refractivity contribution in [3.63, 3.8) is 0 Å². The molecule has 2 amide bonds. The standard InChI is InChI=1S/C16H29N5O/c1-5-16(8-6-7-9-16)12-19-14(22)17-10-13-11-18-15(20(2)3)21(13)4/h11H,5-10,12H2,1-4H3,(H2,17,19,22). The van der Waals surface area contributed by atoms with E-state index in [9.17, 15) is 4.79 Å². The molecule has 1 aliphatic rings. The Hall–Kier alpha value is -1.72. The number of carbonyl (C=O) groups is 1. The Kier molecular flexibility index (Phi) is 5.32. The summed E-state index contributed by atoms with van der Waals surface area (Å²) < 4.78 is 1.99. The number of nitrogens with zero attached hydrogens (tertiary/aromatic N) is 3. The van der Waals surface area contributed by atoms with Gasteiger partial charge < -0.3 is 20.1 Å². The van der Waals surface area contributed by atoms with Gasteiger partial charge in [0.05, 0.1) is 18.4 Å². The van der Waals surface area contributed by atoms with Crippen LogP contribution in [-0.2, 0) is 13.6 Å². The van der Waals surface area contributed by atoms with Crippen molar-refractivity contribution in [3.05, 3.63) is 11.9 Å². The first-order chi connectivity index (χ1) is 10.5. The van der Waals surface area contributed by atoms with Gasteiger partial charge in [-0.2, -0.15) is 0 Å². The summed E-state index contributed by atoms with van der Waals surface area (Å²) in [6.45, 7) is 3.50. The van der Waals surface area contributed by atoms with Crippen LogP contribution in [0.1, 0.15) is 44.7 Å². The van der Waals surface area contributed by atoms with Crippen LogP contribution in [0.15, 0.2) is 6.20 Å². The van der Waals surface area contributed by atoms with Gasteiger partial charge in [-0.1, -0.05) is 19.8 Å². The average Bonchev–Trinajstić information content (AvgIpc) is 3.10. The second-order valence-electron chi connectivity index (χ2n) is 6.60. The largest absolute Gasteiger partial charge is 0.348 e. The summed E-state index contributed by atoms with van der Waals surface area (Å²) >= 11 is 0. The quantitative estimate of drug-likeness (QED) is 0.847. The van der Waals surface area contributed by atoms with Gasteiger partial charge in [-0.15, -0.1) is 0 Å². The monoisotopic (exact) mass is 307 g/mol. The zero-order valence-electron chi connectivity index (χ0n) is 14.3. The van der Waals surface area contributed by atoms with Crippen LogP contribution in [0.25, 0.3) is 0 Å². The highest BCUT2D eigenvalue weighted by Gasteiger charge is 2.32. The van der Waals surface area contributed by atoms with Gasteiger partial charge in [-0.25, -0.2) is 9.78 Å². The summed E-state index contributed by atoms with van der Waals surface area (Å²) in [5.74, 6) is 0.882. The predicted molar refractivity (Wildman–Crippen MR) is 89.0 cm³/mol. The molecule has 6 nitrogen and oxygen atoms in total. The fourth-order valence-corrected chi connectivity index (χ4v) is 3.30. The highest BCUT2D eigenvalue weighted by Crippen LogP contribution is 2.40. The van der Waals surface area contributed by atoms with Crippen LogP contribution in [-0.4, -0.2) is 36.2 Å². The van der Waals surface area contributed by atoms with Crippen LogP contribution >= 0.6 is 0 Å². The van der Waals surface area contributed by atoms with Gasteiger partial charge >= 0.3 is 6.03 Å². The minimum Gasteiger partial charge on any atom is -0.348 e. The number of rotatable bonds is 6. The Bertz CT molecular complexity index is 503. The van der Waals surface area contributed by atoms with E-state index in [2.05, 4.69) is 22.5 Å². The summed E-state index contributed by atoms with van der Waals surface area (Å²) in [5.41, 5.74) is 1.31. The van der Waals surface area contributed by atoms with E-state index in [1.54, 1.807) is 6.20 Å². The van der Waals surface area contributed by atoms with Gasteiger partial charge in [0.25, 0.3) is 0 Å². The van der Waals surface area contributed by atoms with Crippen molar-refractivity contribution in [1.29, 1.82) is 0 Å². The summed E-state index contributed by atoms with van der Waals surface area (Å²) in [4.78, 5) is 18.3.